The number of carbonyl (C=O) groups is 1. The highest BCUT2D eigenvalue weighted by Gasteiger charge is 2.28. The summed E-state index contributed by atoms with van der Waals surface area (Å²) in [5.74, 6) is 0.953. The van der Waals surface area contributed by atoms with Crippen LogP contribution < -0.4 is 5.32 Å². The van der Waals surface area contributed by atoms with Gasteiger partial charge in [0.1, 0.15) is 17.3 Å². The molecule has 1 aliphatic rings. The van der Waals surface area contributed by atoms with Crippen LogP contribution in [0.15, 0.2) is 54.9 Å². The van der Waals surface area contributed by atoms with Crippen molar-refractivity contribution in [1.82, 2.24) is 19.3 Å². The van der Waals surface area contributed by atoms with E-state index >= 15 is 0 Å². The van der Waals surface area contributed by atoms with E-state index in [1.807, 2.05) is 25.2 Å². The van der Waals surface area contributed by atoms with Gasteiger partial charge in [0.25, 0.3) is 5.91 Å². The molecule has 0 bridgehead atoms. The van der Waals surface area contributed by atoms with E-state index in [9.17, 15) is 9.18 Å². The van der Waals surface area contributed by atoms with Gasteiger partial charge in [-0.1, -0.05) is 12.1 Å². The normalized spacial score (nSPS) is 13.8. The van der Waals surface area contributed by atoms with Crippen molar-refractivity contribution in [3.05, 3.63) is 72.1 Å². The molecule has 1 fully saturated rings. The predicted octanol–water partition coefficient (Wildman–Crippen LogP) is 4.03. The molecule has 1 saturated carbocycles. The molecule has 1 N–H and O–H groups in total. The number of nitrogens with zero attached hydrogens (tertiary/aromatic N) is 4. The van der Waals surface area contributed by atoms with E-state index in [2.05, 4.69) is 15.0 Å². The van der Waals surface area contributed by atoms with Crippen LogP contribution >= 0.6 is 0 Å². The quantitative estimate of drug-likeness (QED) is 0.586. The lowest BCUT2D eigenvalue weighted by Gasteiger charge is -2.04. The first-order chi connectivity index (χ1) is 13.6. The maximum absolute atomic E-state index is 13.9. The number of hydrogen-bond acceptors (Lipinski definition) is 3. The molecule has 0 radical (unpaired) electrons. The van der Waals surface area contributed by atoms with E-state index in [-0.39, 0.29) is 5.91 Å². The fourth-order valence-corrected chi connectivity index (χ4v) is 3.42. The molecule has 0 aliphatic heterocycles. The van der Waals surface area contributed by atoms with Crippen LogP contribution in [-0.2, 0) is 7.05 Å². The molecule has 0 atom stereocenters. The van der Waals surface area contributed by atoms with Gasteiger partial charge in [0.05, 0.1) is 22.8 Å². The fraction of sp³-hybridized carbons (Fsp3) is 0.190. The van der Waals surface area contributed by atoms with Gasteiger partial charge in [-0.15, -0.1) is 0 Å². The first kappa shape index (κ1) is 16.7. The fourth-order valence-electron chi connectivity index (χ4n) is 3.42. The van der Waals surface area contributed by atoms with E-state index in [1.165, 1.54) is 36.0 Å². The van der Waals surface area contributed by atoms with Crippen LogP contribution in [0.1, 0.15) is 34.9 Å². The number of fused-ring (bicyclic) bond motifs is 1. The molecule has 7 heteroatoms. The summed E-state index contributed by atoms with van der Waals surface area (Å²) in [4.78, 5) is 17.3. The second-order valence-electron chi connectivity index (χ2n) is 7.09. The molecule has 2 aromatic carbocycles. The zero-order chi connectivity index (χ0) is 19.3. The van der Waals surface area contributed by atoms with Gasteiger partial charge in [-0.05, 0) is 43.2 Å². The van der Waals surface area contributed by atoms with Crippen molar-refractivity contribution in [2.24, 2.45) is 7.05 Å². The molecule has 0 spiro atoms. The van der Waals surface area contributed by atoms with E-state index in [1.54, 1.807) is 18.2 Å². The number of benzene rings is 2. The van der Waals surface area contributed by atoms with Gasteiger partial charge in [-0.3, -0.25) is 4.79 Å². The molecule has 2 aromatic heterocycles. The first-order valence-electron chi connectivity index (χ1n) is 9.17. The Bertz CT molecular complexity index is 1200. The molecule has 4 aromatic rings. The van der Waals surface area contributed by atoms with E-state index in [0.717, 1.165) is 16.9 Å². The highest BCUT2D eigenvalue weighted by atomic mass is 19.1. The van der Waals surface area contributed by atoms with Crippen LogP contribution in [0.2, 0.25) is 0 Å². The largest absolute Gasteiger partial charge is 0.331 e. The van der Waals surface area contributed by atoms with Crippen molar-refractivity contribution < 1.29 is 9.18 Å². The maximum Gasteiger partial charge on any atom is 0.258 e. The topological polar surface area (TPSA) is 64.7 Å². The summed E-state index contributed by atoms with van der Waals surface area (Å²) in [7, 11) is 2.03. The summed E-state index contributed by atoms with van der Waals surface area (Å²) < 4.78 is 17.4. The van der Waals surface area contributed by atoms with Crippen LogP contribution in [0.3, 0.4) is 0 Å². The summed E-state index contributed by atoms with van der Waals surface area (Å²) >= 11 is 0. The standard InChI is InChI=1S/C21H18FN5O/c1-26-19-9-8-15(10-17(19)25-20(26)13-6-7-13)24-21(28)14-11-23-27(12-14)18-5-3-2-4-16(18)22/h2-5,8-13H,6-7H2,1H3,(H,24,28). The van der Waals surface area contributed by atoms with Gasteiger partial charge >= 0.3 is 0 Å². The molecule has 140 valence electrons. The third-order valence-electron chi connectivity index (χ3n) is 5.06. The zero-order valence-electron chi connectivity index (χ0n) is 15.3. The van der Waals surface area contributed by atoms with Crippen LogP contribution in [0.4, 0.5) is 10.1 Å². The Kier molecular flexibility index (Phi) is 3.75. The van der Waals surface area contributed by atoms with Crippen LogP contribution in [0.25, 0.3) is 16.7 Å². The Hall–Kier alpha value is -3.48. The Balaban J connectivity index is 1.39. The third-order valence-corrected chi connectivity index (χ3v) is 5.06. The Morgan fingerprint density at radius 1 is 1.21 bits per heavy atom. The Morgan fingerprint density at radius 2 is 2.04 bits per heavy atom. The minimum absolute atomic E-state index is 0.295. The molecule has 0 saturated heterocycles. The first-order valence-corrected chi connectivity index (χ1v) is 9.17. The number of imidazole rings is 1. The van der Waals surface area contributed by atoms with Crippen molar-refractivity contribution in [3.8, 4) is 5.69 Å². The number of anilines is 1. The molecule has 1 aliphatic carbocycles. The summed E-state index contributed by atoms with van der Waals surface area (Å²) in [6, 6.07) is 12.0. The molecule has 2 heterocycles. The number of hydrogen-bond donors (Lipinski definition) is 1. The van der Waals surface area contributed by atoms with Crippen molar-refractivity contribution in [1.29, 1.82) is 0 Å². The van der Waals surface area contributed by atoms with Crippen molar-refractivity contribution >= 4 is 22.6 Å². The second kappa shape index (κ2) is 6.30. The SMILES string of the molecule is Cn1c(C2CC2)nc2cc(NC(=O)c3cnn(-c4ccccc4F)c3)ccc21. The van der Waals surface area contributed by atoms with Gasteiger partial charge in [-0.25, -0.2) is 14.1 Å². The van der Waals surface area contributed by atoms with Crippen LogP contribution in [-0.4, -0.2) is 25.2 Å². The maximum atomic E-state index is 13.9. The Labute approximate surface area is 160 Å². The van der Waals surface area contributed by atoms with Gasteiger partial charge in [0, 0.05) is 24.8 Å². The highest BCUT2D eigenvalue weighted by molar-refractivity contribution is 6.04. The van der Waals surface area contributed by atoms with Crippen LogP contribution in [0, 0.1) is 5.82 Å². The predicted molar refractivity (Wildman–Crippen MR) is 104 cm³/mol. The van der Waals surface area contributed by atoms with Gasteiger partial charge < -0.3 is 9.88 Å². The van der Waals surface area contributed by atoms with Crippen LogP contribution in [0.5, 0.6) is 0 Å². The molecule has 28 heavy (non-hydrogen) atoms. The van der Waals surface area contributed by atoms with E-state index in [0.29, 0.717) is 22.9 Å². The summed E-state index contributed by atoms with van der Waals surface area (Å²) in [6.45, 7) is 0. The monoisotopic (exact) mass is 375 g/mol. The number of amides is 1. The highest BCUT2D eigenvalue weighted by Crippen LogP contribution is 2.40. The van der Waals surface area contributed by atoms with Crippen molar-refractivity contribution in [2.75, 3.05) is 5.32 Å². The van der Waals surface area contributed by atoms with E-state index in [4.69, 9.17) is 4.98 Å². The average molecular weight is 375 g/mol. The van der Waals surface area contributed by atoms with Crippen molar-refractivity contribution in [3.63, 3.8) is 0 Å². The molecule has 5 rings (SSSR count). The number of aryl methyl sites for hydroxylation is 1. The van der Waals surface area contributed by atoms with Gasteiger partial charge in [-0.2, -0.15) is 5.10 Å². The molecule has 6 nitrogen and oxygen atoms in total. The number of aromatic nitrogens is 4. The van der Waals surface area contributed by atoms with Gasteiger partial charge in [0.2, 0.25) is 0 Å². The molecule has 1 amide bonds. The third kappa shape index (κ3) is 2.85. The second-order valence-corrected chi connectivity index (χ2v) is 7.09. The summed E-state index contributed by atoms with van der Waals surface area (Å²) in [6.07, 6.45) is 5.31. The number of halogens is 1. The van der Waals surface area contributed by atoms with Crippen molar-refractivity contribution in [2.45, 2.75) is 18.8 Å². The Morgan fingerprint density at radius 3 is 2.82 bits per heavy atom. The number of nitrogens with one attached hydrogen (secondary N) is 1. The minimum Gasteiger partial charge on any atom is -0.331 e. The zero-order valence-corrected chi connectivity index (χ0v) is 15.3. The average Bonchev–Trinajstić information content (AvgIpc) is 3.32. The number of carbonyl (C=O) groups excluding carboxylic acids is 1. The lowest BCUT2D eigenvalue weighted by Crippen LogP contribution is -2.11. The van der Waals surface area contributed by atoms with Gasteiger partial charge in [0.15, 0.2) is 0 Å². The molecular weight excluding hydrogens is 357 g/mol. The minimum atomic E-state index is -0.398. The summed E-state index contributed by atoms with van der Waals surface area (Å²) in [5.41, 5.74) is 3.22. The lowest BCUT2D eigenvalue weighted by atomic mass is 10.2. The smallest absolute Gasteiger partial charge is 0.258 e. The van der Waals surface area contributed by atoms with E-state index < -0.39 is 5.82 Å². The lowest BCUT2D eigenvalue weighted by molar-refractivity contribution is 0.102. The molecular formula is C21H18FN5O. The summed E-state index contributed by atoms with van der Waals surface area (Å²) in [5, 5.41) is 6.97. The number of rotatable bonds is 4. The molecule has 0 unspecified atom stereocenters. The number of para-hydroxylation sites is 1.